The van der Waals surface area contributed by atoms with Gasteiger partial charge in [0.15, 0.2) is 5.78 Å². The molecule has 2 N–H and O–H groups in total. The minimum Gasteiger partial charge on any atom is -0.396 e. The van der Waals surface area contributed by atoms with Crippen LogP contribution < -0.4 is 10.6 Å². The number of carbonyl (C=O) groups excluding carboxylic acids is 1. The van der Waals surface area contributed by atoms with Crippen molar-refractivity contribution in [1.29, 1.82) is 0 Å². The zero-order valence-corrected chi connectivity index (χ0v) is 15.1. The lowest BCUT2D eigenvalue weighted by molar-refractivity contribution is 0.0944. The highest BCUT2D eigenvalue weighted by Crippen LogP contribution is 2.45. The van der Waals surface area contributed by atoms with Crippen molar-refractivity contribution in [1.82, 2.24) is 0 Å². The molecule has 0 aliphatic carbocycles. The Morgan fingerprint density at radius 1 is 1.43 bits per heavy atom. The Balaban J connectivity index is 2.27. The minimum atomic E-state index is -0.000617. The summed E-state index contributed by atoms with van der Waals surface area (Å²) in [6.45, 7) is 8.32. The van der Waals surface area contributed by atoms with Gasteiger partial charge in [0.1, 0.15) is 5.00 Å². The van der Waals surface area contributed by atoms with E-state index in [1.807, 2.05) is 20.1 Å². The number of thioether (sulfide) groups is 1. The van der Waals surface area contributed by atoms with E-state index in [1.54, 1.807) is 23.1 Å². The van der Waals surface area contributed by atoms with E-state index in [-0.39, 0.29) is 11.7 Å². The summed E-state index contributed by atoms with van der Waals surface area (Å²) in [7, 11) is 0. The largest absolute Gasteiger partial charge is 0.396 e. The molecule has 1 aliphatic rings. The second-order valence-corrected chi connectivity index (χ2v) is 7.86. The van der Waals surface area contributed by atoms with Crippen LogP contribution in [0.25, 0.3) is 0 Å². The van der Waals surface area contributed by atoms with E-state index >= 15 is 0 Å². The zero-order chi connectivity index (χ0) is 15.6. The van der Waals surface area contributed by atoms with Crippen LogP contribution in [0.2, 0.25) is 0 Å². The number of nitrogens with two attached hydrogens (primary N) is 1. The molecule has 1 saturated heterocycles. The number of hydrogen-bond acceptors (Lipinski definition) is 5. The number of anilines is 2. The van der Waals surface area contributed by atoms with Gasteiger partial charge in [-0.15, -0.1) is 23.1 Å². The molecule has 0 unspecified atom stereocenters. The maximum absolute atomic E-state index is 12.3. The highest BCUT2D eigenvalue weighted by molar-refractivity contribution is 7.99. The molecule has 1 aromatic rings. The van der Waals surface area contributed by atoms with E-state index in [1.165, 1.54) is 24.3 Å². The van der Waals surface area contributed by atoms with Crippen LogP contribution in [-0.4, -0.2) is 25.1 Å². The zero-order valence-electron chi connectivity index (χ0n) is 13.4. The molecule has 2 rings (SSSR count). The van der Waals surface area contributed by atoms with E-state index < -0.39 is 0 Å². The second kappa shape index (κ2) is 7.05. The number of nitrogen functional groups attached to an aromatic ring is 1. The van der Waals surface area contributed by atoms with Crippen LogP contribution in [0.5, 0.6) is 0 Å². The monoisotopic (exact) mass is 326 g/mol. The molecule has 21 heavy (non-hydrogen) atoms. The number of carbonyl (C=O) groups is 1. The lowest BCUT2D eigenvalue weighted by Crippen LogP contribution is -2.33. The number of nitrogens with zero attached hydrogens (tertiary/aromatic N) is 1. The predicted molar refractivity (Wildman–Crippen MR) is 94.9 cm³/mol. The highest BCUT2D eigenvalue weighted by atomic mass is 32.2. The topological polar surface area (TPSA) is 46.3 Å². The molecule has 1 fully saturated rings. The number of hydrogen-bond donors (Lipinski definition) is 1. The molecule has 1 aliphatic heterocycles. The molecule has 3 nitrogen and oxygen atoms in total. The van der Waals surface area contributed by atoms with Crippen molar-refractivity contribution in [3.8, 4) is 0 Å². The second-order valence-electron chi connectivity index (χ2n) is 6.04. The summed E-state index contributed by atoms with van der Waals surface area (Å²) in [4.78, 5) is 16.6. The van der Waals surface area contributed by atoms with Gasteiger partial charge in [0, 0.05) is 19.0 Å². The van der Waals surface area contributed by atoms with E-state index in [0.717, 1.165) is 28.8 Å². The first-order valence-corrected chi connectivity index (χ1v) is 9.79. The quantitative estimate of drug-likeness (QED) is 0.638. The lowest BCUT2D eigenvalue weighted by Gasteiger charge is -2.32. The number of piperidine rings is 1. The normalized spacial score (nSPS) is 16.7. The minimum absolute atomic E-state index is 0.000617. The average molecular weight is 327 g/mol. The molecule has 0 radical (unpaired) electrons. The van der Waals surface area contributed by atoms with E-state index in [9.17, 15) is 4.79 Å². The molecular weight excluding hydrogens is 300 g/mol. The van der Waals surface area contributed by atoms with Gasteiger partial charge in [0.2, 0.25) is 0 Å². The summed E-state index contributed by atoms with van der Waals surface area (Å²) in [5.74, 6) is 1.02. The van der Waals surface area contributed by atoms with Crippen LogP contribution in [0.1, 0.15) is 49.7 Å². The molecule has 0 spiro atoms. The van der Waals surface area contributed by atoms with Gasteiger partial charge < -0.3 is 10.6 Å². The summed E-state index contributed by atoms with van der Waals surface area (Å²) in [6.07, 6.45) is 5.81. The molecule has 0 amide bonds. The van der Waals surface area contributed by atoms with Gasteiger partial charge in [-0.1, -0.05) is 27.2 Å². The first kappa shape index (κ1) is 16.7. The van der Waals surface area contributed by atoms with Crippen LogP contribution >= 0.6 is 23.1 Å². The third kappa shape index (κ3) is 3.39. The number of Topliss-reactive ketones (excluding diaryl/α,β-unsaturated/α-hetero) is 1. The van der Waals surface area contributed by atoms with Gasteiger partial charge >= 0.3 is 0 Å². The Morgan fingerprint density at radius 2 is 2.05 bits per heavy atom. The molecule has 1 aromatic heterocycles. The predicted octanol–water partition coefficient (Wildman–Crippen LogP) is 4.52. The van der Waals surface area contributed by atoms with Gasteiger partial charge in [-0.05, 0) is 25.0 Å². The van der Waals surface area contributed by atoms with E-state index in [0.29, 0.717) is 5.69 Å². The smallest absolute Gasteiger partial charge is 0.177 e. The van der Waals surface area contributed by atoms with Gasteiger partial charge in [-0.25, -0.2) is 0 Å². The summed E-state index contributed by atoms with van der Waals surface area (Å²) >= 11 is 3.26. The summed E-state index contributed by atoms with van der Waals surface area (Å²) < 4.78 is 0. The summed E-state index contributed by atoms with van der Waals surface area (Å²) in [5, 5.41) is 1.21. The molecule has 0 saturated carbocycles. The van der Waals surface area contributed by atoms with E-state index in [2.05, 4.69) is 11.8 Å². The molecule has 2 heterocycles. The fraction of sp³-hybridized carbons (Fsp3) is 0.688. The van der Waals surface area contributed by atoms with E-state index in [4.69, 9.17) is 5.73 Å². The third-order valence-corrected chi connectivity index (χ3v) is 6.55. The maximum atomic E-state index is 12.3. The first-order valence-electron chi connectivity index (χ1n) is 7.74. The summed E-state index contributed by atoms with van der Waals surface area (Å²) in [6, 6.07) is 0. The van der Waals surface area contributed by atoms with Crippen LogP contribution in [0.15, 0.2) is 4.90 Å². The average Bonchev–Trinajstić information content (AvgIpc) is 2.83. The van der Waals surface area contributed by atoms with Crippen LogP contribution in [0.3, 0.4) is 0 Å². The van der Waals surface area contributed by atoms with Crippen LogP contribution in [-0.2, 0) is 0 Å². The SMILES string of the molecule is CCC1CCN(c2sc(C(=O)C(C)C)c(N)c2SC)CC1. The van der Waals surface area contributed by atoms with Crippen molar-refractivity contribution in [2.45, 2.75) is 44.9 Å². The third-order valence-electron chi connectivity index (χ3n) is 4.31. The molecule has 0 atom stereocenters. The standard InChI is InChI=1S/C16H26N2OS2/c1-5-11-6-8-18(9-7-11)16-15(20-4)12(17)14(21-16)13(19)10(2)3/h10-11H,5-9,17H2,1-4H3. The fourth-order valence-corrected chi connectivity index (χ4v) is 5.13. The van der Waals surface area contributed by atoms with Crippen molar-refractivity contribution in [3.63, 3.8) is 0 Å². The molecule has 0 aromatic carbocycles. The Hall–Kier alpha value is -0.680. The first-order chi connectivity index (χ1) is 9.99. The number of rotatable bonds is 5. The lowest BCUT2D eigenvalue weighted by atomic mass is 9.95. The Bertz CT molecular complexity index is 503. The van der Waals surface area contributed by atoms with Crippen molar-refractivity contribution < 1.29 is 4.79 Å². The van der Waals surface area contributed by atoms with Gasteiger partial charge in [0.25, 0.3) is 0 Å². The van der Waals surface area contributed by atoms with Crippen molar-refractivity contribution in [2.24, 2.45) is 11.8 Å². The van der Waals surface area contributed by atoms with Crippen LogP contribution in [0.4, 0.5) is 10.7 Å². The molecule has 0 bridgehead atoms. The molecule has 5 heteroatoms. The van der Waals surface area contributed by atoms with Gasteiger partial charge in [-0.2, -0.15) is 0 Å². The number of thiophene rings is 1. The Labute approximate surface area is 136 Å². The highest BCUT2D eigenvalue weighted by Gasteiger charge is 2.27. The van der Waals surface area contributed by atoms with Crippen LogP contribution in [0, 0.1) is 11.8 Å². The summed E-state index contributed by atoms with van der Waals surface area (Å²) in [5.41, 5.74) is 6.95. The Morgan fingerprint density at radius 3 is 2.52 bits per heavy atom. The molecule has 118 valence electrons. The number of ketones is 1. The maximum Gasteiger partial charge on any atom is 0.177 e. The Kier molecular flexibility index (Phi) is 5.60. The fourth-order valence-electron chi connectivity index (χ4n) is 2.81. The van der Waals surface area contributed by atoms with Crippen molar-refractivity contribution >= 4 is 39.6 Å². The van der Waals surface area contributed by atoms with Gasteiger partial charge in [0.05, 0.1) is 15.5 Å². The van der Waals surface area contributed by atoms with Gasteiger partial charge in [-0.3, -0.25) is 4.79 Å². The van der Waals surface area contributed by atoms with Crippen molar-refractivity contribution in [2.75, 3.05) is 30.0 Å². The van der Waals surface area contributed by atoms with Crippen molar-refractivity contribution in [3.05, 3.63) is 4.88 Å². The molecular formula is C16H26N2OS2.